The van der Waals surface area contributed by atoms with Crippen molar-refractivity contribution >= 4 is 32.8 Å². The third kappa shape index (κ3) is 2.45. The van der Waals surface area contributed by atoms with Crippen LogP contribution in [0.4, 0.5) is 0 Å². The molecule has 0 radical (unpaired) electrons. The molecule has 0 fully saturated rings. The lowest BCUT2D eigenvalue weighted by Crippen LogP contribution is -2.06. The minimum absolute atomic E-state index is 0.344. The molecular weight excluding hydrogens is 332 g/mol. The van der Waals surface area contributed by atoms with Gasteiger partial charge in [0.1, 0.15) is 5.69 Å². The molecule has 1 N–H and O–H groups in total. The standard InChI is InChI=1S/C16H13BrN2O2/c1-2-21-16(20)15-11(7-9-19-15)10-5-6-13(17)12-4-3-8-18-14(10)12/h3-9,19H,2H2,1H3. The zero-order chi connectivity index (χ0) is 14.8. The highest BCUT2D eigenvalue weighted by Gasteiger charge is 2.17. The Morgan fingerprint density at radius 2 is 2.14 bits per heavy atom. The number of nitrogens with one attached hydrogen (secondary N) is 1. The van der Waals surface area contributed by atoms with E-state index in [1.807, 2.05) is 30.3 Å². The number of benzene rings is 1. The number of rotatable bonds is 3. The van der Waals surface area contributed by atoms with E-state index in [0.29, 0.717) is 12.3 Å². The van der Waals surface area contributed by atoms with Crippen LogP contribution in [0.25, 0.3) is 22.0 Å². The van der Waals surface area contributed by atoms with Crippen LogP contribution >= 0.6 is 15.9 Å². The predicted molar refractivity (Wildman–Crippen MR) is 85.2 cm³/mol. The molecule has 5 heteroatoms. The van der Waals surface area contributed by atoms with E-state index >= 15 is 0 Å². The molecule has 0 aliphatic carbocycles. The molecule has 21 heavy (non-hydrogen) atoms. The van der Waals surface area contributed by atoms with Crippen LogP contribution in [-0.4, -0.2) is 22.5 Å². The van der Waals surface area contributed by atoms with Gasteiger partial charge in [-0.2, -0.15) is 0 Å². The van der Waals surface area contributed by atoms with Gasteiger partial charge in [0, 0.05) is 33.4 Å². The Morgan fingerprint density at radius 1 is 1.29 bits per heavy atom. The molecular formula is C16H13BrN2O2. The quantitative estimate of drug-likeness (QED) is 0.725. The molecule has 4 nitrogen and oxygen atoms in total. The lowest BCUT2D eigenvalue weighted by Gasteiger charge is -2.08. The zero-order valence-electron chi connectivity index (χ0n) is 11.4. The summed E-state index contributed by atoms with van der Waals surface area (Å²) in [7, 11) is 0. The number of aromatic nitrogens is 2. The first-order chi connectivity index (χ1) is 10.2. The average molecular weight is 345 g/mol. The molecule has 3 aromatic rings. The van der Waals surface area contributed by atoms with Crippen LogP contribution in [0, 0.1) is 0 Å². The van der Waals surface area contributed by atoms with Gasteiger partial charge in [0.05, 0.1) is 12.1 Å². The van der Waals surface area contributed by atoms with Crippen LogP contribution < -0.4 is 0 Å². The first kappa shape index (κ1) is 13.8. The molecule has 3 rings (SSSR count). The second-order valence-electron chi connectivity index (χ2n) is 4.48. The highest BCUT2D eigenvalue weighted by molar-refractivity contribution is 9.10. The van der Waals surface area contributed by atoms with Crippen molar-refractivity contribution in [3.63, 3.8) is 0 Å². The maximum absolute atomic E-state index is 12.0. The second kappa shape index (κ2) is 5.69. The number of fused-ring (bicyclic) bond motifs is 1. The monoisotopic (exact) mass is 344 g/mol. The summed E-state index contributed by atoms with van der Waals surface area (Å²) in [5.74, 6) is -0.357. The van der Waals surface area contributed by atoms with Gasteiger partial charge in [-0.25, -0.2) is 4.79 Å². The molecule has 0 spiro atoms. The summed E-state index contributed by atoms with van der Waals surface area (Å²) in [6.45, 7) is 2.13. The molecule has 2 heterocycles. The van der Waals surface area contributed by atoms with Crippen LogP contribution in [0.1, 0.15) is 17.4 Å². The summed E-state index contributed by atoms with van der Waals surface area (Å²) in [6.07, 6.45) is 3.48. The maximum atomic E-state index is 12.0. The van der Waals surface area contributed by atoms with E-state index < -0.39 is 0 Å². The number of esters is 1. The smallest absolute Gasteiger partial charge is 0.355 e. The van der Waals surface area contributed by atoms with Crippen LogP contribution in [0.3, 0.4) is 0 Å². The lowest BCUT2D eigenvalue weighted by atomic mass is 10.0. The Bertz CT molecular complexity index is 811. The number of ether oxygens (including phenoxy) is 1. The lowest BCUT2D eigenvalue weighted by molar-refractivity contribution is 0.0521. The number of aromatic amines is 1. The molecule has 0 unspecified atom stereocenters. The van der Waals surface area contributed by atoms with Crippen molar-refractivity contribution < 1.29 is 9.53 Å². The van der Waals surface area contributed by atoms with Gasteiger partial charge in [-0.1, -0.05) is 28.1 Å². The molecule has 106 valence electrons. The first-order valence-corrected chi connectivity index (χ1v) is 7.39. The van der Waals surface area contributed by atoms with Crippen LogP contribution in [-0.2, 0) is 4.74 Å². The normalized spacial score (nSPS) is 10.8. The van der Waals surface area contributed by atoms with Gasteiger partial charge in [0.2, 0.25) is 0 Å². The number of hydrogen-bond acceptors (Lipinski definition) is 3. The van der Waals surface area contributed by atoms with Crippen molar-refractivity contribution in [3.05, 3.63) is 52.9 Å². The SMILES string of the molecule is CCOC(=O)c1[nH]ccc1-c1ccc(Br)c2cccnc12. The molecule has 0 aliphatic heterocycles. The van der Waals surface area contributed by atoms with Crippen molar-refractivity contribution in [3.8, 4) is 11.1 Å². The summed E-state index contributed by atoms with van der Waals surface area (Å²) in [5.41, 5.74) is 2.99. The van der Waals surface area contributed by atoms with Crippen LogP contribution in [0.15, 0.2) is 47.2 Å². The number of nitrogens with zero attached hydrogens (tertiary/aromatic N) is 1. The zero-order valence-corrected chi connectivity index (χ0v) is 13.0. The summed E-state index contributed by atoms with van der Waals surface area (Å²) in [5, 5.41) is 1.01. The van der Waals surface area contributed by atoms with Gasteiger partial charge < -0.3 is 9.72 Å². The van der Waals surface area contributed by atoms with E-state index in [-0.39, 0.29) is 5.97 Å². The van der Waals surface area contributed by atoms with Gasteiger partial charge in [-0.3, -0.25) is 4.98 Å². The first-order valence-electron chi connectivity index (χ1n) is 6.60. The number of halogens is 1. The van der Waals surface area contributed by atoms with Crippen molar-refractivity contribution in [2.24, 2.45) is 0 Å². The van der Waals surface area contributed by atoms with Crippen molar-refractivity contribution in [1.29, 1.82) is 0 Å². The average Bonchev–Trinajstić information content (AvgIpc) is 2.97. The number of pyridine rings is 1. The number of H-pyrrole nitrogens is 1. The minimum atomic E-state index is -0.357. The molecule has 0 saturated heterocycles. The molecule has 0 saturated carbocycles. The fraction of sp³-hybridized carbons (Fsp3) is 0.125. The van der Waals surface area contributed by atoms with E-state index in [1.54, 1.807) is 19.3 Å². The van der Waals surface area contributed by atoms with Gasteiger partial charge >= 0.3 is 5.97 Å². The molecule has 0 bridgehead atoms. The molecule has 0 aliphatic rings. The number of hydrogen-bond donors (Lipinski definition) is 1. The van der Waals surface area contributed by atoms with E-state index in [4.69, 9.17) is 4.74 Å². The molecule has 0 atom stereocenters. The largest absolute Gasteiger partial charge is 0.461 e. The fourth-order valence-electron chi connectivity index (χ4n) is 2.32. The highest BCUT2D eigenvalue weighted by atomic mass is 79.9. The van der Waals surface area contributed by atoms with Crippen molar-refractivity contribution in [1.82, 2.24) is 9.97 Å². The Balaban J connectivity index is 2.21. The summed E-state index contributed by atoms with van der Waals surface area (Å²) >= 11 is 3.53. The van der Waals surface area contributed by atoms with Crippen molar-refractivity contribution in [2.75, 3.05) is 6.61 Å². The van der Waals surface area contributed by atoms with Crippen molar-refractivity contribution in [2.45, 2.75) is 6.92 Å². The Labute approximate surface area is 130 Å². The van der Waals surface area contributed by atoms with Gasteiger partial charge in [0.25, 0.3) is 0 Å². The third-order valence-corrected chi connectivity index (χ3v) is 3.92. The topological polar surface area (TPSA) is 55.0 Å². The van der Waals surface area contributed by atoms with Gasteiger partial charge in [-0.05, 0) is 25.1 Å². The van der Waals surface area contributed by atoms with Crippen LogP contribution in [0.2, 0.25) is 0 Å². The third-order valence-electron chi connectivity index (χ3n) is 3.23. The Morgan fingerprint density at radius 3 is 2.95 bits per heavy atom. The number of carbonyl (C=O) groups is 1. The Hall–Kier alpha value is -2.14. The number of carbonyl (C=O) groups excluding carboxylic acids is 1. The molecule has 2 aromatic heterocycles. The molecule has 0 amide bonds. The summed E-state index contributed by atoms with van der Waals surface area (Å²) in [6, 6.07) is 9.66. The summed E-state index contributed by atoms with van der Waals surface area (Å²) in [4.78, 5) is 19.4. The van der Waals surface area contributed by atoms with E-state index in [1.165, 1.54) is 0 Å². The fourth-order valence-corrected chi connectivity index (χ4v) is 2.77. The van der Waals surface area contributed by atoms with Gasteiger partial charge in [-0.15, -0.1) is 0 Å². The predicted octanol–water partition coefficient (Wildman–Crippen LogP) is 4.17. The van der Waals surface area contributed by atoms with E-state index in [2.05, 4.69) is 25.9 Å². The maximum Gasteiger partial charge on any atom is 0.355 e. The molecule has 1 aromatic carbocycles. The van der Waals surface area contributed by atoms with E-state index in [0.717, 1.165) is 26.5 Å². The summed E-state index contributed by atoms with van der Waals surface area (Å²) < 4.78 is 6.06. The van der Waals surface area contributed by atoms with Gasteiger partial charge in [0.15, 0.2) is 0 Å². The Kier molecular flexibility index (Phi) is 3.75. The highest BCUT2D eigenvalue weighted by Crippen LogP contribution is 2.33. The second-order valence-corrected chi connectivity index (χ2v) is 5.34. The van der Waals surface area contributed by atoms with E-state index in [9.17, 15) is 4.79 Å². The van der Waals surface area contributed by atoms with Crippen LogP contribution in [0.5, 0.6) is 0 Å². The minimum Gasteiger partial charge on any atom is -0.461 e.